The highest BCUT2D eigenvalue weighted by molar-refractivity contribution is 6.99. The number of ether oxygens (including phenoxy) is 2. The van der Waals surface area contributed by atoms with Gasteiger partial charge in [0.1, 0.15) is 17.7 Å². The number of benzene rings is 2. The largest absolute Gasteiger partial charge is 0.463 e. The van der Waals surface area contributed by atoms with Crippen molar-refractivity contribution in [2.45, 2.75) is 64.6 Å². The molecule has 35 heavy (non-hydrogen) atoms. The van der Waals surface area contributed by atoms with E-state index < -0.39 is 31.5 Å². The first-order valence-corrected chi connectivity index (χ1v) is 13.7. The molecule has 0 bridgehead atoms. The molecule has 0 radical (unpaired) electrons. The van der Waals surface area contributed by atoms with Gasteiger partial charge in [-0.05, 0) is 36.2 Å². The van der Waals surface area contributed by atoms with Crippen molar-refractivity contribution in [2.24, 2.45) is 0 Å². The van der Waals surface area contributed by atoms with Gasteiger partial charge in [-0.25, -0.2) is 4.79 Å². The fourth-order valence-electron chi connectivity index (χ4n) is 4.02. The van der Waals surface area contributed by atoms with Gasteiger partial charge in [0.2, 0.25) is 0 Å². The lowest BCUT2D eigenvalue weighted by Gasteiger charge is -2.45. The van der Waals surface area contributed by atoms with Crippen molar-refractivity contribution in [2.75, 3.05) is 13.2 Å². The number of carbonyl (C=O) groups excluding carboxylic acids is 2. The number of carbonyl (C=O) groups is 2. The van der Waals surface area contributed by atoms with Crippen LogP contribution in [0.5, 0.6) is 0 Å². The van der Waals surface area contributed by atoms with E-state index in [-0.39, 0.29) is 18.3 Å². The predicted octanol–water partition coefficient (Wildman–Crippen LogP) is 4.58. The number of esters is 1. The van der Waals surface area contributed by atoms with E-state index in [0.717, 1.165) is 10.4 Å². The summed E-state index contributed by atoms with van der Waals surface area (Å²) in [6.45, 7) is 17.0. The Morgan fingerprint density at radius 2 is 1.37 bits per heavy atom. The monoisotopic (exact) mass is 497 g/mol. The van der Waals surface area contributed by atoms with Crippen molar-refractivity contribution >= 4 is 30.8 Å². The van der Waals surface area contributed by atoms with Crippen molar-refractivity contribution in [3.05, 3.63) is 73.3 Å². The average molecular weight is 498 g/mol. The van der Waals surface area contributed by atoms with E-state index in [1.54, 1.807) is 26.8 Å². The standard InChI is InChI=1S/C28H39NO5Si/c1-9-28(20-32-22(2)30,29-25(31)34-26(3,4)5)21-33-35(27(6,7)8,23-16-12-10-13-17-23)24-18-14-11-15-19-24/h9-19H,1,20-21H2,2-8H3,(H,29,31)/t28-/m0/s1. The third-order valence-corrected chi connectivity index (χ3v) is 10.6. The lowest BCUT2D eigenvalue weighted by atomic mass is 10.0. The highest BCUT2D eigenvalue weighted by atomic mass is 28.4. The van der Waals surface area contributed by atoms with Crippen LogP contribution in [-0.4, -0.2) is 44.7 Å². The van der Waals surface area contributed by atoms with Crippen LogP contribution in [0.4, 0.5) is 4.79 Å². The van der Waals surface area contributed by atoms with E-state index in [9.17, 15) is 9.59 Å². The molecule has 0 aliphatic rings. The van der Waals surface area contributed by atoms with Gasteiger partial charge < -0.3 is 19.2 Å². The first-order chi connectivity index (χ1) is 16.2. The Bertz CT molecular complexity index is 956. The number of rotatable bonds is 9. The van der Waals surface area contributed by atoms with Gasteiger partial charge in [0.25, 0.3) is 8.32 Å². The summed E-state index contributed by atoms with van der Waals surface area (Å²) in [6, 6.07) is 20.4. The van der Waals surface area contributed by atoms with E-state index in [1.807, 2.05) is 36.4 Å². The molecule has 0 heterocycles. The number of amides is 1. The Morgan fingerprint density at radius 1 is 0.886 bits per heavy atom. The zero-order valence-corrected chi connectivity index (χ0v) is 23.0. The summed E-state index contributed by atoms with van der Waals surface area (Å²) in [5.41, 5.74) is -1.89. The highest BCUT2D eigenvalue weighted by Gasteiger charge is 2.51. The van der Waals surface area contributed by atoms with Crippen molar-refractivity contribution in [1.29, 1.82) is 0 Å². The minimum atomic E-state index is -2.91. The van der Waals surface area contributed by atoms with Gasteiger partial charge in [0, 0.05) is 6.92 Å². The van der Waals surface area contributed by atoms with E-state index in [1.165, 1.54) is 6.92 Å². The summed E-state index contributed by atoms with van der Waals surface area (Å²) in [5, 5.41) is 4.79. The molecule has 0 aliphatic carbocycles. The Kier molecular flexibility index (Phi) is 9.09. The number of hydrogen-bond acceptors (Lipinski definition) is 5. The van der Waals surface area contributed by atoms with Crippen LogP contribution in [0.2, 0.25) is 5.04 Å². The summed E-state index contributed by atoms with van der Waals surface area (Å²) in [4.78, 5) is 24.5. The maximum absolute atomic E-state index is 12.8. The molecule has 190 valence electrons. The maximum atomic E-state index is 12.8. The van der Waals surface area contributed by atoms with Gasteiger partial charge in [-0.15, -0.1) is 6.58 Å². The van der Waals surface area contributed by atoms with Crippen LogP contribution in [-0.2, 0) is 18.7 Å². The van der Waals surface area contributed by atoms with E-state index in [2.05, 4.69) is 56.9 Å². The molecule has 0 aliphatic heterocycles. The normalized spacial score (nSPS) is 13.9. The average Bonchev–Trinajstić information content (AvgIpc) is 2.77. The summed E-state index contributed by atoms with van der Waals surface area (Å²) in [6.07, 6.45) is 0.910. The topological polar surface area (TPSA) is 73.9 Å². The second kappa shape index (κ2) is 11.2. The lowest BCUT2D eigenvalue weighted by molar-refractivity contribution is -0.143. The smallest absolute Gasteiger partial charge is 0.408 e. The summed E-state index contributed by atoms with van der Waals surface area (Å²) < 4.78 is 17.8. The van der Waals surface area contributed by atoms with Crippen LogP contribution < -0.4 is 15.7 Å². The SMILES string of the molecule is C=C[C@](COC(C)=O)(CO[Si](c1ccccc1)(c1ccccc1)C(C)(C)C)NC(=O)OC(C)(C)C. The summed E-state index contributed by atoms with van der Waals surface area (Å²) in [7, 11) is -2.91. The van der Waals surface area contributed by atoms with E-state index in [0.29, 0.717) is 0 Å². The van der Waals surface area contributed by atoms with Crippen LogP contribution in [0.25, 0.3) is 0 Å². The minimum absolute atomic E-state index is 0.0380. The molecule has 0 fully saturated rings. The lowest BCUT2D eigenvalue weighted by Crippen LogP contribution is -2.69. The summed E-state index contributed by atoms with van der Waals surface area (Å²) in [5.74, 6) is -0.465. The molecule has 1 amide bonds. The van der Waals surface area contributed by atoms with E-state index >= 15 is 0 Å². The number of alkyl carbamates (subject to hydrolysis) is 1. The zero-order valence-electron chi connectivity index (χ0n) is 22.0. The molecule has 0 saturated heterocycles. The van der Waals surface area contributed by atoms with Crippen LogP contribution in [0.15, 0.2) is 73.3 Å². The van der Waals surface area contributed by atoms with Crippen molar-refractivity contribution in [3.8, 4) is 0 Å². The molecule has 2 aromatic rings. The second-order valence-electron chi connectivity index (χ2n) is 10.7. The molecule has 2 aromatic carbocycles. The quantitative estimate of drug-likeness (QED) is 0.312. The van der Waals surface area contributed by atoms with Crippen molar-refractivity contribution < 1.29 is 23.5 Å². The third-order valence-electron chi connectivity index (χ3n) is 5.64. The molecule has 6 nitrogen and oxygen atoms in total. The second-order valence-corrected chi connectivity index (χ2v) is 15.0. The number of nitrogens with one attached hydrogen (secondary N) is 1. The fraction of sp³-hybridized carbons (Fsp3) is 0.429. The summed E-state index contributed by atoms with van der Waals surface area (Å²) >= 11 is 0. The Hall–Kier alpha value is -2.90. The van der Waals surface area contributed by atoms with Crippen LogP contribution in [0.3, 0.4) is 0 Å². The van der Waals surface area contributed by atoms with Crippen LogP contribution in [0, 0.1) is 0 Å². The molecule has 0 saturated carbocycles. The van der Waals surface area contributed by atoms with Gasteiger partial charge in [0.15, 0.2) is 0 Å². The highest BCUT2D eigenvalue weighted by Crippen LogP contribution is 2.37. The van der Waals surface area contributed by atoms with E-state index in [4.69, 9.17) is 13.9 Å². The Morgan fingerprint density at radius 3 is 1.74 bits per heavy atom. The molecular formula is C28H39NO5Si. The minimum Gasteiger partial charge on any atom is -0.463 e. The molecule has 7 heteroatoms. The first-order valence-electron chi connectivity index (χ1n) is 11.8. The molecule has 0 unspecified atom stereocenters. The molecular weight excluding hydrogens is 458 g/mol. The van der Waals surface area contributed by atoms with Crippen LogP contribution in [0.1, 0.15) is 48.5 Å². The molecule has 2 rings (SSSR count). The van der Waals surface area contributed by atoms with Gasteiger partial charge in [-0.3, -0.25) is 4.79 Å². The zero-order chi connectivity index (χ0) is 26.3. The first kappa shape index (κ1) is 28.3. The van der Waals surface area contributed by atoms with Crippen LogP contribution >= 0.6 is 0 Å². The molecule has 0 spiro atoms. The van der Waals surface area contributed by atoms with Gasteiger partial charge in [0.05, 0.1) is 6.61 Å². The van der Waals surface area contributed by atoms with Crippen molar-refractivity contribution in [1.82, 2.24) is 5.32 Å². The molecule has 0 aromatic heterocycles. The van der Waals surface area contributed by atoms with Gasteiger partial charge in [-0.1, -0.05) is 87.5 Å². The molecule has 1 N–H and O–H groups in total. The third kappa shape index (κ3) is 7.29. The predicted molar refractivity (Wildman–Crippen MR) is 143 cm³/mol. The fourth-order valence-corrected chi connectivity index (χ4v) is 8.65. The Balaban J connectivity index is 2.57. The van der Waals surface area contributed by atoms with Gasteiger partial charge in [-0.2, -0.15) is 0 Å². The maximum Gasteiger partial charge on any atom is 0.408 e. The molecule has 1 atom stereocenters. The number of hydrogen-bond donors (Lipinski definition) is 1. The van der Waals surface area contributed by atoms with Crippen molar-refractivity contribution in [3.63, 3.8) is 0 Å². The van der Waals surface area contributed by atoms with Gasteiger partial charge >= 0.3 is 12.1 Å². The Labute approximate surface area is 210 Å².